The van der Waals surface area contributed by atoms with Gasteiger partial charge in [0.15, 0.2) is 11.7 Å². The molecule has 1 aromatic heterocycles. The largest absolute Gasteiger partial charge is 0.435 e. The number of rotatable bonds is 4. The SMILES string of the molecule is Cc1nc(C(C)C)oc1C(=O)N[C@@H]1COC(C)(C)O[C@@H]1c1ccccc1. The molecule has 26 heavy (non-hydrogen) atoms. The molecular formula is C20H26N2O4. The normalized spacial score (nSPS) is 22.4. The Morgan fingerprint density at radius 3 is 2.58 bits per heavy atom. The number of ether oxygens (including phenoxy) is 2. The average molecular weight is 358 g/mol. The molecule has 1 N–H and O–H groups in total. The number of oxazole rings is 1. The van der Waals surface area contributed by atoms with Crippen LogP contribution in [0.1, 0.15) is 67.4 Å². The summed E-state index contributed by atoms with van der Waals surface area (Å²) in [7, 11) is 0. The van der Waals surface area contributed by atoms with Gasteiger partial charge in [-0.3, -0.25) is 4.79 Å². The number of hydrogen-bond donors (Lipinski definition) is 1. The van der Waals surface area contributed by atoms with Crippen LogP contribution in [0.4, 0.5) is 0 Å². The minimum atomic E-state index is -0.714. The van der Waals surface area contributed by atoms with Gasteiger partial charge in [-0.1, -0.05) is 44.2 Å². The Morgan fingerprint density at radius 1 is 1.27 bits per heavy atom. The zero-order chi connectivity index (χ0) is 18.9. The zero-order valence-corrected chi connectivity index (χ0v) is 15.9. The highest BCUT2D eigenvalue weighted by molar-refractivity contribution is 5.92. The molecule has 1 amide bonds. The van der Waals surface area contributed by atoms with Gasteiger partial charge in [0.2, 0.25) is 5.76 Å². The van der Waals surface area contributed by atoms with Gasteiger partial charge in [0.05, 0.1) is 18.3 Å². The first-order chi connectivity index (χ1) is 12.3. The molecule has 6 nitrogen and oxygen atoms in total. The fraction of sp³-hybridized carbons (Fsp3) is 0.500. The van der Waals surface area contributed by atoms with Crippen LogP contribution in [-0.4, -0.2) is 29.3 Å². The Labute approximate surface area is 153 Å². The number of carbonyl (C=O) groups is 1. The number of nitrogens with one attached hydrogen (secondary N) is 1. The highest BCUT2D eigenvalue weighted by Gasteiger charge is 2.38. The van der Waals surface area contributed by atoms with E-state index < -0.39 is 5.79 Å². The van der Waals surface area contributed by atoms with E-state index in [-0.39, 0.29) is 29.7 Å². The smallest absolute Gasteiger partial charge is 0.289 e. The van der Waals surface area contributed by atoms with Crippen LogP contribution < -0.4 is 5.32 Å². The fourth-order valence-corrected chi connectivity index (χ4v) is 2.97. The van der Waals surface area contributed by atoms with Crippen LogP contribution >= 0.6 is 0 Å². The van der Waals surface area contributed by atoms with Crippen molar-refractivity contribution in [2.45, 2.75) is 58.5 Å². The number of benzene rings is 1. The van der Waals surface area contributed by atoms with Gasteiger partial charge in [0, 0.05) is 5.92 Å². The quantitative estimate of drug-likeness (QED) is 0.901. The summed E-state index contributed by atoms with van der Waals surface area (Å²) < 4.78 is 17.5. The summed E-state index contributed by atoms with van der Waals surface area (Å²) in [4.78, 5) is 17.1. The fourth-order valence-electron chi connectivity index (χ4n) is 2.97. The first kappa shape index (κ1) is 18.6. The zero-order valence-electron chi connectivity index (χ0n) is 15.9. The summed E-state index contributed by atoms with van der Waals surface area (Å²) in [5.74, 6) is -0.0987. The molecule has 0 spiro atoms. The van der Waals surface area contributed by atoms with Crippen molar-refractivity contribution in [2.24, 2.45) is 0 Å². The van der Waals surface area contributed by atoms with E-state index in [1.165, 1.54) is 0 Å². The van der Waals surface area contributed by atoms with E-state index in [1.54, 1.807) is 6.92 Å². The van der Waals surface area contributed by atoms with Crippen molar-refractivity contribution < 1.29 is 18.7 Å². The second-order valence-electron chi connectivity index (χ2n) is 7.36. The number of hydrogen-bond acceptors (Lipinski definition) is 5. The van der Waals surface area contributed by atoms with Crippen LogP contribution in [0.3, 0.4) is 0 Å². The molecule has 3 rings (SSSR count). The van der Waals surface area contributed by atoms with Crippen molar-refractivity contribution in [3.05, 3.63) is 53.2 Å². The monoisotopic (exact) mass is 358 g/mol. The second-order valence-corrected chi connectivity index (χ2v) is 7.36. The van der Waals surface area contributed by atoms with Gasteiger partial charge in [-0.15, -0.1) is 0 Å². The van der Waals surface area contributed by atoms with E-state index in [9.17, 15) is 4.79 Å². The molecule has 0 radical (unpaired) electrons. The molecule has 6 heteroatoms. The molecule has 1 aliphatic heterocycles. The highest BCUT2D eigenvalue weighted by Crippen LogP contribution is 2.33. The number of amides is 1. The van der Waals surface area contributed by atoms with Gasteiger partial charge in [0.1, 0.15) is 6.10 Å². The minimum absolute atomic E-state index is 0.120. The average Bonchev–Trinajstić information content (AvgIpc) is 2.99. The Morgan fingerprint density at radius 2 is 1.96 bits per heavy atom. The van der Waals surface area contributed by atoms with Gasteiger partial charge >= 0.3 is 0 Å². The predicted molar refractivity (Wildman–Crippen MR) is 96.9 cm³/mol. The van der Waals surface area contributed by atoms with Crippen molar-refractivity contribution in [2.75, 3.05) is 6.61 Å². The molecule has 2 aromatic rings. The molecule has 1 aromatic carbocycles. The lowest BCUT2D eigenvalue weighted by atomic mass is 10.0. The third-order valence-corrected chi connectivity index (χ3v) is 4.34. The predicted octanol–water partition coefficient (Wildman–Crippen LogP) is 3.73. The van der Waals surface area contributed by atoms with Crippen LogP contribution in [-0.2, 0) is 9.47 Å². The van der Waals surface area contributed by atoms with Crippen molar-refractivity contribution in [1.82, 2.24) is 10.3 Å². The van der Waals surface area contributed by atoms with E-state index in [0.717, 1.165) is 5.56 Å². The van der Waals surface area contributed by atoms with E-state index in [2.05, 4.69) is 10.3 Å². The second kappa shape index (κ2) is 7.21. The van der Waals surface area contributed by atoms with Crippen LogP contribution in [0.2, 0.25) is 0 Å². The molecule has 2 heterocycles. The molecular weight excluding hydrogens is 332 g/mol. The summed E-state index contributed by atoms with van der Waals surface area (Å²) in [5.41, 5.74) is 1.58. The number of aromatic nitrogens is 1. The molecule has 0 unspecified atom stereocenters. The summed E-state index contributed by atoms with van der Waals surface area (Å²) in [6, 6.07) is 9.51. The maximum Gasteiger partial charge on any atom is 0.289 e. The Bertz CT molecular complexity index is 767. The van der Waals surface area contributed by atoms with Crippen LogP contribution in [0, 0.1) is 6.92 Å². The summed E-state index contributed by atoms with van der Waals surface area (Å²) in [6.07, 6.45) is -0.309. The Balaban J connectivity index is 1.81. The lowest BCUT2D eigenvalue weighted by molar-refractivity contribution is -0.284. The molecule has 140 valence electrons. The van der Waals surface area contributed by atoms with E-state index in [0.29, 0.717) is 18.2 Å². The lowest BCUT2D eigenvalue weighted by Crippen LogP contribution is -2.52. The molecule has 0 bridgehead atoms. The molecule has 0 saturated carbocycles. The van der Waals surface area contributed by atoms with Gasteiger partial charge in [0.25, 0.3) is 5.91 Å². The topological polar surface area (TPSA) is 73.6 Å². The van der Waals surface area contributed by atoms with Crippen molar-refractivity contribution in [3.8, 4) is 0 Å². The van der Waals surface area contributed by atoms with Gasteiger partial charge in [-0.05, 0) is 26.3 Å². The van der Waals surface area contributed by atoms with Crippen LogP contribution in [0.15, 0.2) is 34.7 Å². The lowest BCUT2D eigenvalue weighted by Gasteiger charge is -2.41. The van der Waals surface area contributed by atoms with Crippen LogP contribution in [0.5, 0.6) is 0 Å². The summed E-state index contributed by atoms with van der Waals surface area (Å²) in [6.45, 7) is 9.82. The van der Waals surface area contributed by atoms with Gasteiger partial charge < -0.3 is 19.2 Å². The maximum atomic E-state index is 12.8. The molecule has 2 atom stereocenters. The van der Waals surface area contributed by atoms with Gasteiger partial charge in [-0.25, -0.2) is 4.98 Å². The summed E-state index contributed by atoms with van der Waals surface area (Å²) in [5, 5.41) is 2.99. The van der Waals surface area contributed by atoms with Crippen molar-refractivity contribution >= 4 is 5.91 Å². The van der Waals surface area contributed by atoms with E-state index in [1.807, 2.05) is 58.0 Å². The number of aryl methyl sites for hydroxylation is 1. The molecule has 0 aliphatic carbocycles. The van der Waals surface area contributed by atoms with Crippen molar-refractivity contribution in [1.29, 1.82) is 0 Å². The maximum absolute atomic E-state index is 12.8. The first-order valence-electron chi connectivity index (χ1n) is 8.92. The highest BCUT2D eigenvalue weighted by atomic mass is 16.7. The van der Waals surface area contributed by atoms with E-state index >= 15 is 0 Å². The molecule has 1 aliphatic rings. The standard InChI is InChI=1S/C20H26N2O4/c1-12(2)19-21-13(3)16(25-19)18(23)22-15-11-24-20(4,5)26-17(15)14-9-7-6-8-10-14/h6-10,12,15,17H,11H2,1-5H3,(H,22,23)/t15-,17-/m1/s1. The van der Waals surface area contributed by atoms with Crippen molar-refractivity contribution in [3.63, 3.8) is 0 Å². The minimum Gasteiger partial charge on any atom is -0.435 e. The van der Waals surface area contributed by atoms with E-state index in [4.69, 9.17) is 13.9 Å². The Kier molecular flexibility index (Phi) is 5.16. The Hall–Kier alpha value is -2.18. The number of carbonyl (C=O) groups excluding carboxylic acids is 1. The van der Waals surface area contributed by atoms with Gasteiger partial charge in [-0.2, -0.15) is 0 Å². The summed E-state index contributed by atoms with van der Waals surface area (Å²) >= 11 is 0. The number of nitrogens with zero attached hydrogens (tertiary/aromatic N) is 1. The first-order valence-corrected chi connectivity index (χ1v) is 8.92. The third-order valence-electron chi connectivity index (χ3n) is 4.34. The van der Waals surface area contributed by atoms with Crippen LogP contribution in [0.25, 0.3) is 0 Å². The molecule has 1 fully saturated rings. The molecule has 1 saturated heterocycles. The third kappa shape index (κ3) is 3.97.